The second kappa shape index (κ2) is 14.7. The van der Waals surface area contributed by atoms with Crippen LogP contribution in [0.3, 0.4) is 0 Å². The summed E-state index contributed by atoms with van der Waals surface area (Å²) in [5.41, 5.74) is 1.93. The minimum atomic E-state index is -3.83. The molecule has 284 valence electrons. The molecule has 0 saturated heterocycles. The largest absolute Gasteiger partial charge is 0.496 e. The van der Waals surface area contributed by atoms with Gasteiger partial charge in [0, 0.05) is 41.9 Å². The average Bonchev–Trinajstić information content (AvgIpc) is 4.01. The van der Waals surface area contributed by atoms with E-state index in [9.17, 15) is 22.8 Å². The summed E-state index contributed by atoms with van der Waals surface area (Å²) in [5, 5.41) is 5.99. The molecule has 2 N–H and O–H groups in total. The molecule has 12 nitrogen and oxygen atoms in total. The summed E-state index contributed by atoms with van der Waals surface area (Å²) in [5.74, 6) is -1.58. The Morgan fingerprint density at radius 2 is 1.91 bits per heavy atom. The van der Waals surface area contributed by atoms with Crippen molar-refractivity contribution in [2.24, 2.45) is 17.8 Å². The van der Waals surface area contributed by atoms with E-state index in [-0.39, 0.29) is 30.6 Å². The molecule has 3 fully saturated rings. The molecule has 4 aliphatic rings. The number of allylic oxidation sites excluding steroid dienone is 1. The summed E-state index contributed by atoms with van der Waals surface area (Å²) < 4.78 is 40.4. The number of nitrogens with one attached hydrogen (secondary N) is 2. The average molecular weight is 764 g/mol. The lowest BCUT2D eigenvalue weighted by molar-refractivity contribution is -0.140. The van der Waals surface area contributed by atoms with E-state index in [1.807, 2.05) is 35.7 Å². The molecule has 7 rings (SSSR count). The van der Waals surface area contributed by atoms with Crippen LogP contribution in [0, 0.1) is 17.8 Å². The van der Waals surface area contributed by atoms with Crippen molar-refractivity contribution >= 4 is 50.0 Å². The second-order valence-electron chi connectivity index (χ2n) is 15.3. The molecule has 2 aromatic heterocycles. The van der Waals surface area contributed by atoms with Gasteiger partial charge in [0.1, 0.15) is 33.8 Å². The van der Waals surface area contributed by atoms with E-state index in [1.54, 1.807) is 19.1 Å². The number of benzene rings is 1. The van der Waals surface area contributed by atoms with E-state index in [4.69, 9.17) is 19.4 Å². The molecule has 3 heterocycles. The van der Waals surface area contributed by atoms with Crippen molar-refractivity contribution in [3.8, 4) is 22.2 Å². The van der Waals surface area contributed by atoms with Crippen molar-refractivity contribution < 1.29 is 32.3 Å². The molecule has 0 spiro atoms. The van der Waals surface area contributed by atoms with Gasteiger partial charge in [-0.15, -0.1) is 11.3 Å². The summed E-state index contributed by atoms with van der Waals surface area (Å²) in [6, 6.07) is 5.73. The van der Waals surface area contributed by atoms with Crippen LogP contribution >= 0.6 is 11.3 Å². The number of sulfonamides is 1. The van der Waals surface area contributed by atoms with Gasteiger partial charge in [-0.2, -0.15) is 0 Å². The first kappa shape index (κ1) is 37.3. The van der Waals surface area contributed by atoms with E-state index < -0.39 is 50.6 Å². The van der Waals surface area contributed by atoms with Crippen molar-refractivity contribution in [2.75, 3.05) is 20.7 Å². The van der Waals surface area contributed by atoms with Crippen LogP contribution in [0.4, 0.5) is 0 Å². The van der Waals surface area contributed by atoms with Crippen molar-refractivity contribution in [1.82, 2.24) is 24.9 Å². The number of hydrogen-bond donors (Lipinski definition) is 2. The molecule has 14 heteroatoms. The molecule has 5 unspecified atom stereocenters. The smallest absolute Gasteiger partial charge is 0.259 e. The lowest BCUT2D eigenvalue weighted by atomic mass is 9.93. The molecule has 3 aliphatic carbocycles. The molecular weight excluding hydrogens is 715 g/mol. The van der Waals surface area contributed by atoms with E-state index in [1.165, 1.54) is 11.3 Å². The maximum absolute atomic E-state index is 14.3. The molecule has 53 heavy (non-hydrogen) atoms. The van der Waals surface area contributed by atoms with Crippen LogP contribution in [0.15, 0.2) is 35.7 Å². The highest BCUT2D eigenvalue weighted by Gasteiger charge is 2.62. The van der Waals surface area contributed by atoms with Gasteiger partial charge in [-0.25, -0.2) is 18.4 Å². The minimum Gasteiger partial charge on any atom is -0.496 e. The summed E-state index contributed by atoms with van der Waals surface area (Å²) in [6.07, 6.45) is 8.30. The first-order valence-corrected chi connectivity index (χ1v) is 21.2. The van der Waals surface area contributed by atoms with Gasteiger partial charge in [0.15, 0.2) is 0 Å². The molecule has 3 saturated carbocycles. The van der Waals surface area contributed by atoms with Gasteiger partial charge in [-0.1, -0.05) is 32.9 Å². The van der Waals surface area contributed by atoms with E-state index in [0.717, 1.165) is 52.2 Å². The Bertz CT molecular complexity index is 2060. The van der Waals surface area contributed by atoms with Crippen molar-refractivity contribution in [3.05, 3.63) is 47.0 Å². The molecule has 0 bridgehead atoms. The zero-order valence-corrected chi connectivity index (χ0v) is 32.6. The van der Waals surface area contributed by atoms with Gasteiger partial charge >= 0.3 is 0 Å². The summed E-state index contributed by atoms with van der Waals surface area (Å²) >= 11 is 1.52. The number of hydrogen-bond acceptors (Lipinski definition) is 10. The third-order valence-corrected chi connectivity index (χ3v) is 13.9. The number of methoxy groups -OCH3 is 1. The van der Waals surface area contributed by atoms with Gasteiger partial charge in [0.2, 0.25) is 21.8 Å². The van der Waals surface area contributed by atoms with Crippen LogP contribution in [0.1, 0.15) is 89.3 Å². The number of amides is 3. The Morgan fingerprint density at radius 1 is 1.13 bits per heavy atom. The van der Waals surface area contributed by atoms with Crippen LogP contribution in [-0.2, 0) is 30.8 Å². The van der Waals surface area contributed by atoms with Crippen molar-refractivity contribution in [2.45, 2.75) is 101 Å². The lowest BCUT2D eigenvalue weighted by Crippen LogP contribution is -2.54. The predicted molar refractivity (Wildman–Crippen MR) is 203 cm³/mol. The van der Waals surface area contributed by atoms with Crippen LogP contribution in [0.5, 0.6) is 11.5 Å². The number of aryl methyl sites for hydroxylation is 1. The SMILES string of the molecule is CCc1c(OC)ccc2c(OC3CC4C(=O)NC5(C(=O)NS(=O)(=O)C6CC6)CC5C=CCCCCN(C)C(=O)C4C3)cc(-c3nc(C(C)C)cs3)nc12. The van der Waals surface area contributed by atoms with Crippen LogP contribution in [0.2, 0.25) is 0 Å². The molecule has 5 atom stereocenters. The number of pyridine rings is 1. The molecule has 1 aromatic carbocycles. The predicted octanol–water partition coefficient (Wildman–Crippen LogP) is 5.51. The third kappa shape index (κ3) is 7.41. The Balaban J connectivity index is 1.22. The Morgan fingerprint density at radius 3 is 2.60 bits per heavy atom. The first-order valence-electron chi connectivity index (χ1n) is 18.8. The van der Waals surface area contributed by atoms with Gasteiger partial charge in [-0.05, 0) is 75.8 Å². The van der Waals surface area contributed by atoms with E-state index >= 15 is 0 Å². The zero-order valence-electron chi connectivity index (χ0n) is 31.0. The van der Waals surface area contributed by atoms with Crippen LogP contribution in [0.25, 0.3) is 21.6 Å². The minimum absolute atomic E-state index is 0.145. The fourth-order valence-electron chi connectivity index (χ4n) is 7.78. The molecule has 3 amide bonds. The van der Waals surface area contributed by atoms with Crippen molar-refractivity contribution in [3.63, 3.8) is 0 Å². The summed E-state index contributed by atoms with van der Waals surface area (Å²) in [4.78, 5) is 53.7. The number of thiazole rings is 1. The van der Waals surface area contributed by atoms with E-state index in [2.05, 4.69) is 30.8 Å². The molecule has 0 radical (unpaired) electrons. The number of ether oxygens (including phenoxy) is 2. The third-order valence-electron chi connectivity index (χ3n) is 11.2. The van der Waals surface area contributed by atoms with Gasteiger partial charge in [0.25, 0.3) is 5.91 Å². The number of rotatable bonds is 9. The highest BCUT2D eigenvalue weighted by atomic mass is 32.2. The number of carbonyl (C=O) groups is 3. The van der Waals surface area contributed by atoms with Gasteiger partial charge in [-0.3, -0.25) is 19.1 Å². The quantitative estimate of drug-likeness (QED) is 0.269. The first-order chi connectivity index (χ1) is 25.3. The molecule has 1 aliphatic heterocycles. The standard InChI is InChI=1S/C39H49N5O7S2/c1-6-26-32(50-5)15-14-27-33(19-30(40-34(26)27)36-41-31(21-52-36)22(2)3)51-24-17-28-29(18-24)37(46)44(4)16-10-8-7-9-11-23-20-39(23,42-35(28)45)38(47)43-53(48,49)25-12-13-25/h9,11,14-15,19,21-25,28-29H,6-8,10,12-13,16-18,20H2,1-5H3,(H,42,45)(H,43,47). The fourth-order valence-corrected chi connectivity index (χ4v) is 10.1. The lowest BCUT2D eigenvalue weighted by Gasteiger charge is -2.26. The maximum Gasteiger partial charge on any atom is 0.259 e. The van der Waals surface area contributed by atoms with E-state index in [0.29, 0.717) is 43.7 Å². The van der Waals surface area contributed by atoms with Crippen LogP contribution < -0.4 is 19.5 Å². The van der Waals surface area contributed by atoms with Gasteiger partial charge in [0.05, 0.1) is 35.4 Å². The maximum atomic E-state index is 14.3. The Kier molecular flexibility index (Phi) is 10.3. The monoisotopic (exact) mass is 763 g/mol. The Labute approximate surface area is 315 Å². The highest BCUT2D eigenvalue weighted by Crippen LogP contribution is 2.47. The number of fused-ring (bicyclic) bond motifs is 3. The van der Waals surface area contributed by atoms with Crippen LogP contribution in [-0.4, -0.2) is 78.6 Å². The highest BCUT2D eigenvalue weighted by molar-refractivity contribution is 7.91. The topological polar surface area (TPSA) is 157 Å². The normalized spacial score (nSPS) is 26.5. The zero-order chi connectivity index (χ0) is 37.7. The number of nitrogens with zero attached hydrogens (tertiary/aromatic N) is 3. The number of carbonyl (C=O) groups excluding carboxylic acids is 3. The fraction of sp³-hybridized carbons (Fsp3) is 0.564. The Hall–Kier alpha value is -4.04. The summed E-state index contributed by atoms with van der Waals surface area (Å²) in [6.45, 7) is 6.81. The molecular formula is C39H49N5O7S2. The van der Waals surface area contributed by atoms with Gasteiger partial charge < -0.3 is 19.7 Å². The van der Waals surface area contributed by atoms with Crippen molar-refractivity contribution in [1.29, 1.82) is 0 Å². The second-order valence-corrected chi connectivity index (χ2v) is 18.1. The number of aromatic nitrogens is 2. The molecule has 3 aromatic rings. The summed E-state index contributed by atoms with van der Waals surface area (Å²) in [7, 11) is -0.423.